The van der Waals surface area contributed by atoms with E-state index in [4.69, 9.17) is 16.3 Å². The highest BCUT2D eigenvalue weighted by molar-refractivity contribution is 6.31. The molecule has 3 heteroatoms. The molecular formula is C13H16ClNO. The Morgan fingerprint density at radius 3 is 2.94 bits per heavy atom. The first-order chi connectivity index (χ1) is 7.81. The quantitative estimate of drug-likeness (QED) is 0.723. The third-order valence-corrected chi connectivity index (χ3v) is 2.97. The molecule has 2 aromatic rings. The van der Waals surface area contributed by atoms with Crippen LogP contribution in [0.3, 0.4) is 0 Å². The summed E-state index contributed by atoms with van der Waals surface area (Å²) in [7, 11) is 1.74. The first-order valence-electron chi connectivity index (χ1n) is 5.54. The molecule has 0 spiro atoms. The lowest BCUT2D eigenvalue weighted by atomic mass is 10.2. The SMILES string of the molecule is COCCCCn1ccc2cc(Cl)ccc21. The van der Waals surface area contributed by atoms with E-state index in [0.29, 0.717) is 0 Å². The molecule has 0 N–H and O–H groups in total. The van der Waals surface area contributed by atoms with E-state index in [-0.39, 0.29) is 0 Å². The van der Waals surface area contributed by atoms with Crippen LogP contribution >= 0.6 is 11.6 Å². The number of aromatic nitrogens is 1. The predicted octanol–water partition coefficient (Wildman–Crippen LogP) is 3.72. The van der Waals surface area contributed by atoms with E-state index >= 15 is 0 Å². The second kappa shape index (κ2) is 5.37. The van der Waals surface area contributed by atoms with Gasteiger partial charge in [-0.15, -0.1) is 0 Å². The minimum absolute atomic E-state index is 0.796. The maximum atomic E-state index is 5.95. The summed E-state index contributed by atoms with van der Waals surface area (Å²) >= 11 is 5.95. The van der Waals surface area contributed by atoms with Gasteiger partial charge in [0, 0.05) is 42.4 Å². The summed E-state index contributed by atoms with van der Waals surface area (Å²) in [6.45, 7) is 1.87. The Balaban J connectivity index is 2.07. The van der Waals surface area contributed by atoms with Crippen molar-refractivity contribution in [2.24, 2.45) is 0 Å². The molecule has 0 radical (unpaired) electrons. The van der Waals surface area contributed by atoms with Gasteiger partial charge in [-0.3, -0.25) is 0 Å². The third kappa shape index (κ3) is 2.57. The minimum atomic E-state index is 0.796. The van der Waals surface area contributed by atoms with Crippen LogP contribution in [0, 0.1) is 0 Å². The summed E-state index contributed by atoms with van der Waals surface area (Å²) in [5.41, 5.74) is 1.25. The van der Waals surface area contributed by atoms with Gasteiger partial charge in [-0.2, -0.15) is 0 Å². The van der Waals surface area contributed by atoms with E-state index in [1.54, 1.807) is 7.11 Å². The lowest BCUT2D eigenvalue weighted by molar-refractivity contribution is 0.191. The Kier molecular flexibility index (Phi) is 3.86. The van der Waals surface area contributed by atoms with E-state index in [1.807, 2.05) is 12.1 Å². The average molecular weight is 238 g/mol. The van der Waals surface area contributed by atoms with Crippen molar-refractivity contribution in [1.82, 2.24) is 4.57 Å². The van der Waals surface area contributed by atoms with Gasteiger partial charge in [-0.1, -0.05) is 11.6 Å². The highest BCUT2D eigenvalue weighted by Gasteiger charge is 2.00. The number of fused-ring (bicyclic) bond motifs is 1. The summed E-state index contributed by atoms with van der Waals surface area (Å²) in [5, 5.41) is 2.00. The number of ether oxygens (including phenoxy) is 1. The summed E-state index contributed by atoms with van der Waals surface area (Å²) in [4.78, 5) is 0. The van der Waals surface area contributed by atoms with Crippen LogP contribution < -0.4 is 0 Å². The van der Waals surface area contributed by atoms with Crippen molar-refractivity contribution in [3.8, 4) is 0 Å². The van der Waals surface area contributed by atoms with Gasteiger partial charge < -0.3 is 9.30 Å². The predicted molar refractivity (Wildman–Crippen MR) is 68.1 cm³/mol. The minimum Gasteiger partial charge on any atom is -0.385 e. The molecule has 1 aromatic carbocycles. The largest absolute Gasteiger partial charge is 0.385 e. The van der Waals surface area contributed by atoms with E-state index in [0.717, 1.165) is 31.0 Å². The smallest absolute Gasteiger partial charge is 0.0481 e. The first-order valence-corrected chi connectivity index (χ1v) is 5.92. The second-order valence-electron chi connectivity index (χ2n) is 3.91. The summed E-state index contributed by atoms with van der Waals surface area (Å²) in [5.74, 6) is 0. The van der Waals surface area contributed by atoms with Crippen LogP contribution in [0.25, 0.3) is 10.9 Å². The number of halogens is 1. The molecule has 0 aliphatic carbocycles. The van der Waals surface area contributed by atoms with E-state index < -0.39 is 0 Å². The number of unbranched alkanes of at least 4 members (excludes halogenated alkanes) is 1. The normalized spacial score (nSPS) is 11.1. The molecule has 0 fully saturated rings. The molecule has 0 saturated heterocycles. The number of nitrogens with zero attached hydrogens (tertiary/aromatic N) is 1. The molecule has 86 valence electrons. The third-order valence-electron chi connectivity index (χ3n) is 2.73. The molecule has 1 aromatic heterocycles. The topological polar surface area (TPSA) is 14.2 Å². The van der Waals surface area contributed by atoms with Crippen LogP contribution in [0.5, 0.6) is 0 Å². The molecule has 0 unspecified atom stereocenters. The highest BCUT2D eigenvalue weighted by Crippen LogP contribution is 2.20. The molecular weight excluding hydrogens is 222 g/mol. The number of methoxy groups -OCH3 is 1. The Bertz CT molecular complexity index is 464. The molecule has 2 nitrogen and oxygen atoms in total. The van der Waals surface area contributed by atoms with E-state index in [1.165, 1.54) is 10.9 Å². The lowest BCUT2D eigenvalue weighted by Gasteiger charge is -2.05. The van der Waals surface area contributed by atoms with Gasteiger partial charge in [0.15, 0.2) is 0 Å². The fraction of sp³-hybridized carbons (Fsp3) is 0.385. The van der Waals surface area contributed by atoms with Crippen LogP contribution in [-0.2, 0) is 11.3 Å². The van der Waals surface area contributed by atoms with Crippen LogP contribution in [0.4, 0.5) is 0 Å². The first kappa shape index (κ1) is 11.5. The summed E-state index contributed by atoms with van der Waals surface area (Å²) < 4.78 is 7.30. The van der Waals surface area contributed by atoms with Crippen LogP contribution in [-0.4, -0.2) is 18.3 Å². The van der Waals surface area contributed by atoms with Crippen molar-refractivity contribution in [2.75, 3.05) is 13.7 Å². The second-order valence-corrected chi connectivity index (χ2v) is 4.35. The van der Waals surface area contributed by atoms with Crippen LogP contribution in [0.15, 0.2) is 30.5 Å². The van der Waals surface area contributed by atoms with Crippen molar-refractivity contribution in [3.05, 3.63) is 35.5 Å². The van der Waals surface area contributed by atoms with Crippen LogP contribution in [0.2, 0.25) is 5.02 Å². The molecule has 0 bridgehead atoms. The molecule has 0 amide bonds. The molecule has 0 atom stereocenters. The molecule has 16 heavy (non-hydrogen) atoms. The van der Waals surface area contributed by atoms with E-state index in [2.05, 4.69) is 22.9 Å². The van der Waals surface area contributed by atoms with Gasteiger partial charge in [0.05, 0.1) is 0 Å². The van der Waals surface area contributed by atoms with E-state index in [9.17, 15) is 0 Å². The zero-order chi connectivity index (χ0) is 11.4. The van der Waals surface area contributed by atoms with Crippen molar-refractivity contribution < 1.29 is 4.74 Å². The monoisotopic (exact) mass is 237 g/mol. The standard InChI is InChI=1S/C13H16ClNO/c1-16-9-3-2-7-15-8-6-11-10-12(14)4-5-13(11)15/h4-6,8,10H,2-3,7,9H2,1H3. The van der Waals surface area contributed by atoms with Gasteiger partial charge >= 0.3 is 0 Å². The van der Waals surface area contributed by atoms with Gasteiger partial charge in [-0.25, -0.2) is 0 Å². The number of hydrogen-bond acceptors (Lipinski definition) is 1. The van der Waals surface area contributed by atoms with Gasteiger partial charge in [0.1, 0.15) is 0 Å². The van der Waals surface area contributed by atoms with Gasteiger partial charge in [0.2, 0.25) is 0 Å². The summed E-state index contributed by atoms with van der Waals surface area (Å²) in [6, 6.07) is 8.13. The Morgan fingerprint density at radius 1 is 1.25 bits per heavy atom. The molecule has 0 saturated carbocycles. The average Bonchev–Trinajstić information content (AvgIpc) is 2.67. The maximum Gasteiger partial charge on any atom is 0.0481 e. The molecule has 1 heterocycles. The zero-order valence-electron chi connectivity index (χ0n) is 9.45. The maximum absolute atomic E-state index is 5.95. The van der Waals surface area contributed by atoms with Crippen LogP contribution in [0.1, 0.15) is 12.8 Å². The van der Waals surface area contributed by atoms with Crippen molar-refractivity contribution >= 4 is 22.5 Å². The fourth-order valence-electron chi connectivity index (χ4n) is 1.89. The van der Waals surface area contributed by atoms with Gasteiger partial charge in [0.25, 0.3) is 0 Å². The van der Waals surface area contributed by atoms with Crippen molar-refractivity contribution in [3.63, 3.8) is 0 Å². The summed E-state index contributed by atoms with van der Waals surface area (Å²) in [6.07, 6.45) is 4.36. The zero-order valence-corrected chi connectivity index (χ0v) is 10.2. The number of rotatable bonds is 5. The molecule has 2 rings (SSSR count). The van der Waals surface area contributed by atoms with Crippen molar-refractivity contribution in [2.45, 2.75) is 19.4 Å². The molecule has 0 aliphatic rings. The fourth-order valence-corrected chi connectivity index (χ4v) is 2.08. The number of hydrogen-bond donors (Lipinski definition) is 0. The van der Waals surface area contributed by atoms with Crippen molar-refractivity contribution in [1.29, 1.82) is 0 Å². The number of benzene rings is 1. The lowest BCUT2D eigenvalue weighted by Crippen LogP contribution is -1.98. The Hall–Kier alpha value is -0.990. The highest BCUT2D eigenvalue weighted by atomic mass is 35.5. The number of aryl methyl sites for hydroxylation is 1. The Labute approximate surface area is 101 Å². The molecule has 0 aliphatic heterocycles. The van der Waals surface area contributed by atoms with Gasteiger partial charge in [-0.05, 0) is 37.1 Å². The Morgan fingerprint density at radius 2 is 2.12 bits per heavy atom.